The number of nitrogens with zero attached hydrogens (tertiary/aromatic N) is 3. The topological polar surface area (TPSA) is 100 Å². The number of fused-ring (bicyclic) bond motifs is 1. The molecule has 1 amide bonds. The van der Waals surface area contributed by atoms with Crippen molar-refractivity contribution in [3.05, 3.63) is 41.6 Å². The van der Waals surface area contributed by atoms with Gasteiger partial charge in [0, 0.05) is 39.3 Å². The minimum Gasteiger partial charge on any atom is -0.454 e. The zero-order valence-corrected chi connectivity index (χ0v) is 16.5. The van der Waals surface area contributed by atoms with E-state index in [2.05, 4.69) is 20.1 Å². The van der Waals surface area contributed by atoms with Gasteiger partial charge in [-0.15, -0.1) is 0 Å². The van der Waals surface area contributed by atoms with Gasteiger partial charge in [0.2, 0.25) is 12.7 Å². The average Bonchev–Trinajstić information content (AvgIpc) is 3.36. The van der Waals surface area contributed by atoms with Crippen molar-refractivity contribution in [2.75, 3.05) is 39.5 Å². The van der Waals surface area contributed by atoms with E-state index in [4.69, 9.17) is 13.9 Å². The van der Waals surface area contributed by atoms with Gasteiger partial charge >= 0.3 is 0 Å². The van der Waals surface area contributed by atoms with Crippen LogP contribution in [0.1, 0.15) is 28.9 Å². The van der Waals surface area contributed by atoms with Crippen molar-refractivity contribution in [1.82, 2.24) is 20.1 Å². The van der Waals surface area contributed by atoms with Gasteiger partial charge in [0.15, 0.2) is 17.2 Å². The molecule has 2 aromatic rings. The van der Waals surface area contributed by atoms with Crippen LogP contribution in [-0.4, -0.2) is 71.4 Å². The first-order chi connectivity index (χ1) is 14.1. The van der Waals surface area contributed by atoms with Gasteiger partial charge in [0.25, 0.3) is 5.91 Å². The second-order valence-corrected chi connectivity index (χ2v) is 7.42. The van der Waals surface area contributed by atoms with Gasteiger partial charge in [0.1, 0.15) is 6.26 Å². The first-order valence-electron chi connectivity index (χ1n) is 9.81. The van der Waals surface area contributed by atoms with Crippen LogP contribution in [0, 0.1) is 0 Å². The highest BCUT2D eigenvalue weighted by atomic mass is 16.7. The van der Waals surface area contributed by atoms with Crippen LogP contribution in [0.4, 0.5) is 0 Å². The van der Waals surface area contributed by atoms with E-state index in [1.165, 1.54) is 6.26 Å². The quantitative estimate of drug-likeness (QED) is 0.703. The molecule has 1 aromatic carbocycles. The monoisotopic (exact) mass is 402 g/mol. The number of amides is 1. The fraction of sp³-hybridized carbons (Fsp3) is 0.500. The van der Waals surface area contributed by atoms with Crippen molar-refractivity contribution in [2.24, 2.45) is 0 Å². The Balaban J connectivity index is 1.25. The minimum atomic E-state index is -0.313. The molecule has 0 saturated carbocycles. The summed E-state index contributed by atoms with van der Waals surface area (Å²) in [6.45, 7) is 7.20. The summed E-state index contributed by atoms with van der Waals surface area (Å²) in [4.78, 5) is 21.2. The zero-order chi connectivity index (χ0) is 20.2. The van der Waals surface area contributed by atoms with E-state index in [0.717, 1.165) is 31.7 Å². The van der Waals surface area contributed by atoms with Crippen molar-refractivity contribution in [3.8, 4) is 11.5 Å². The van der Waals surface area contributed by atoms with Gasteiger partial charge in [-0.3, -0.25) is 14.6 Å². The second kappa shape index (κ2) is 8.81. The molecule has 2 aliphatic heterocycles. The van der Waals surface area contributed by atoms with E-state index >= 15 is 0 Å². The third-order valence-corrected chi connectivity index (χ3v) is 5.02. The molecule has 1 aromatic heterocycles. The fourth-order valence-electron chi connectivity index (χ4n) is 3.51. The lowest BCUT2D eigenvalue weighted by molar-refractivity contribution is 0.0747. The Morgan fingerprint density at radius 2 is 1.97 bits per heavy atom. The van der Waals surface area contributed by atoms with Crippen LogP contribution in [0.5, 0.6) is 11.5 Å². The molecule has 156 valence electrons. The molecule has 4 rings (SSSR count). The van der Waals surface area contributed by atoms with Crippen molar-refractivity contribution >= 4 is 5.91 Å². The van der Waals surface area contributed by atoms with Crippen molar-refractivity contribution in [3.63, 3.8) is 0 Å². The third kappa shape index (κ3) is 5.06. The van der Waals surface area contributed by atoms with Gasteiger partial charge < -0.3 is 24.3 Å². The fourth-order valence-corrected chi connectivity index (χ4v) is 3.51. The molecule has 3 heterocycles. The number of rotatable bonds is 7. The molecule has 0 radical (unpaired) electrons. The Hall–Kier alpha value is -2.62. The predicted molar refractivity (Wildman–Crippen MR) is 104 cm³/mol. The number of ether oxygens (including phenoxy) is 2. The van der Waals surface area contributed by atoms with Crippen LogP contribution in [0.3, 0.4) is 0 Å². The lowest BCUT2D eigenvalue weighted by Crippen LogP contribution is -2.47. The van der Waals surface area contributed by atoms with Crippen molar-refractivity contribution in [2.45, 2.75) is 26.1 Å². The second-order valence-electron chi connectivity index (χ2n) is 7.42. The Kier molecular flexibility index (Phi) is 5.98. The molecule has 1 fully saturated rings. The van der Waals surface area contributed by atoms with Gasteiger partial charge in [0.05, 0.1) is 12.6 Å². The highest BCUT2D eigenvalue weighted by Gasteiger charge is 2.20. The summed E-state index contributed by atoms with van der Waals surface area (Å²) in [5, 5.41) is 12.3. The van der Waals surface area contributed by atoms with E-state index in [-0.39, 0.29) is 24.5 Å². The number of carbonyl (C=O) groups is 1. The van der Waals surface area contributed by atoms with E-state index in [0.29, 0.717) is 37.0 Å². The van der Waals surface area contributed by atoms with Crippen LogP contribution in [0.25, 0.3) is 0 Å². The molecule has 0 unspecified atom stereocenters. The number of benzene rings is 1. The molecule has 1 atom stereocenters. The number of β-amino-alcohol motifs (C(OH)–C–C–N with tert-alkyl or cyclic N) is 1. The SMILES string of the molecule is C[C@@H](O)CN1CCN(Cc2nc(C(=O)NCc3ccc4c(c3)OCO4)co2)CC1. The number of aliphatic hydroxyl groups excluding tert-OH is 1. The summed E-state index contributed by atoms with van der Waals surface area (Å²) in [6, 6.07) is 5.58. The summed E-state index contributed by atoms with van der Waals surface area (Å²) >= 11 is 0. The Morgan fingerprint density at radius 3 is 2.76 bits per heavy atom. The first kappa shape index (κ1) is 19.7. The number of piperazine rings is 1. The maximum atomic E-state index is 12.4. The largest absolute Gasteiger partial charge is 0.454 e. The molecule has 0 spiro atoms. The summed E-state index contributed by atoms with van der Waals surface area (Å²) in [6.07, 6.45) is 1.08. The maximum absolute atomic E-state index is 12.4. The maximum Gasteiger partial charge on any atom is 0.273 e. The summed E-state index contributed by atoms with van der Waals surface area (Å²) in [5.41, 5.74) is 1.19. The summed E-state index contributed by atoms with van der Waals surface area (Å²) in [7, 11) is 0. The van der Waals surface area contributed by atoms with E-state index in [1.54, 1.807) is 6.92 Å². The van der Waals surface area contributed by atoms with Crippen LogP contribution in [0.2, 0.25) is 0 Å². The van der Waals surface area contributed by atoms with Crippen LogP contribution >= 0.6 is 0 Å². The Labute approximate surface area is 169 Å². The lowest BCUT2D eigenvalue weighted by atomic mass is 10.2. The lowest BCUT2D eigenvalue weighted by Gasteiger charge is -2.34. The smallest absolute Gasteiger partial charge is 0.273 e. The summed E-state index contributed by atoms with van der Waals surface area (Å²) < 4.78 is 16.1. The molecule has 1 saturated heterocycles. The van der Waals surface area contributed by atoms with Crippen LogP contribution in [0.15, 0.2) is 28.9 Å². The molecule has 2 N–H and O–H groups in total. The van der Waals surface area contributed by atoms with Gasteiger partial charge in [-0.25, -0.2) is 4.98 Å². The number of hydrogen-bond acceptors (Lipinski definition) is 8. The third-order valence-electron chi connectivity index (χ3n) is 5.02. The van der Waals surface area contributed by atoms with Crippen LogP contribution in [-0.2, 0) is 13.1 Å². The van der Waals surface area contributed by atoms with Crippen molar-refractivity contribution < 1.29 is 23.8 Å². The van der Waals surface area contributed by atoms with E-state index in [1.807, 2.05) is 18.2 Å². The molecule has 9 heteroatoms. The standard InChI is InChI=1S/C20H26N4O5/c1-14(25)10-23-4-6-24(7-5-23)11-19-22-16(12-27-19)20(26)21-9-15-2-3-17-18(8-15)29-13-28-17/h2-3,8,12,14,25H,4-7,9-11,13H2,1H3,(H,21,26)/t14-/m1/s1. The van der Waals surface area contributed by atoms with Gasteiger partial charge in [-0.2, -0.15) is 0 Å². The highest BCUT2D eigenvalue weighted by Crippen LogP contribution is 2.32. The Bertz CT molecular complexity index is 845. The summed E-state index contributed by atoms with van der Waals surface area (Å²) in [5.74, 6) is 1.66. The van der Waals surface area contributed by atoms with Gasteiger partial charge in [-0.05, 0) is 24.6 Å². The normalized spacial score (nSPS) is 18.0. The number of oxazole rings is 1. The van der Waals surface area contributed by atoms with Crippen molar-refractivity contribution in [1.29, 1.82) is 0 Å². The molecule has 0 aliphatic carbocycles. The average molecular weight is 402 g/mol. The molecular formula is C20H26N4O5. The Morgan fingerprint density at radius 1 is 1.21 bits per heavy atom. The number of aliphatic hydroxyl groups is 1. The molecule has 29 heavy (non-hydrogen) atoms. The number of nitrogens with one attached hydrogen (secondary N) is 1. The minimum absolute atomic E-state index is 0.225. The predicted octanol–water partition coefficient (Wildman–Crippen LogP) is 0.832. The first-order valence-corrected chi connectivity index (χ1v) is 9.81. The molecule has 9 nitrogen and oxygen atoms in total. The van der Waals surface area contributed by atoms with Crippen LogP contribution < -0.4 is 14.8 Å². The highest BCUT2D eigenvalue weighted by molar-refractivity contribution is 5.91. The van der Waals surface area contributed by atoms with E-state index in [9.17, 15) is 9.90 Å². The number of hydrogen-bond donors (Lipinski definition) is 2. The molecular weight excluding hydrogens is 376 g/mol. The molecule has 0 bridgehead atoms. The van der Waals surface area contributed by atoms with E-state index < -0.39 is 0 Å². The number of carbonyl (C=O) groups excluding carboxylic acids is 1. The molecule has 2 aliphatic rings. The zero-order valence-electron chi connectivity index (χ0n) is 16.5. The number of aromatic nitrogens is 1. The van der Waals surface area contributed by atoms with Gasteiger partial charge in [-0.1, -0.05) is 6.07 Å².